The van der Waals surface area contributed by atoms with Gasteiger partial charge in [0.05, 0.1) is 0 Å². The molecule has 2 heteroatoms. The molecule has 0 aromatic rings. The van der Waals surface area contributed by atoms with Gasteiger partial charge in [0.15, 0.2) is 0 Å². The van der Waals surface area contributed by atoms with Gasteiger partial charge in [-0.3, -0.25) is 4.90 Å². The summed E-state index contributed by atoms with van der Waals surface area (Å²) in [5.41, 5.74) is 0. The van der Waals surface area contributed by atoms with Crippen molar-refractivity contribution < 1.29 is 0 Å². The molecular formula is C18H38N2. The molecule has 0 heterocycles. The highest BCUT2D eigenvalue weighted by molar-refractivity contribution is 4.93. The van der Waals surface area contributed by atoms with Crippen LogP contribution in [0.3, 0.4) is 0 Å². The van der Waals surface area contributed by atoms with Gasteiger partial charge in [-0.1, -0.05) is 41.0 Å². The Balaban J connectivity index is 2.64. The van der Waals surface area contributed by atoms with Crippen molar-refractivity contribution in [1.82, 2.24) is 10.2 Å². The van der Waals surface area contributed by atoms with Crippen molar-refractivity contribution in [2.24, 2.45) is 5.92 Å². The Hall–Kier alpha value is -0.0800. The Kier molecular flexibility index (Phi) is 8.79. The van der Waals surface area contributed by atoms with Gasteiger partial charge in [-0.25, -0.2) is 0 Å². The number of rotatable bonds is 12. The first kappa shape index (κ1) is 18.0. The maximum Gasteiger partial charge on any atom is 0.0249 e. The average molecular weight is 283 g/mol. The van der Waals surface area contributed by atoms with Gasteiger partial charge in [-0.05, 0) is 57.5 Å². The summed E-state index contributed by atoms with van der Waals surface area (Å²) in [5.74, 6) is 0.821. The average Bonchev–Trinajstić information content (AvgIpc) is 3.24. The number of hydrogen-bond donors (Lipinski definition) is 1. The van der Waals surface area contributed by atoms with Crippen molar-refractivity contribution in [3.05, 3.63) is 0 Å². The molecule has 1 aliphatic carbocycles. The Morgan fingerprint density at radius 2 is 1.75 bits per heavy atom. The maximum absolute atomic E-state index is 3.83. The standard InChI is InChI=1S/C18H38N2/c1-6-9-17(19-13-7-2)18(8-3)20(16-10-11-16)14-12-15(4)5/h15-19H,6-14H2,1-5H3. The Morgan fingerprint density at radius 3 is 2.20 bits per heavy atom. The van der Waals surface area contributed by atoms with E-state index in [9.17, 15) is 0 Å². The molecule has 1 aliphatic rings. The zero-order valence-corrected chi connectivity index (χ0v) is 14.6. The van der Waals surface area contributed by atoms with E-state index in [0.29, 0.717) is 6.04 Å². The van der Waals surface area contributed by atoms with Gasteiger partial charge in [0.2, 0.25) is 0 Å². The molecule has 2 nitrogen and oxygen atoms in total. The lowest BCUT2D eigenvalue weighted by molar-refractivity contribution is 0.130. The highest BCUT2D eigenvalue weighted by Gasteiger charge is 2.35. The van der Waals surface area contributed by atoms with Crippen molar-refractivity contribution in [1.29, 1.82) is 0 Å². The summed E-state index contributed by atoms with van der Waals surface area (Å²) in [7, 11) is 0. The second kappa shape index (κ2) is 9.78. The smallest absolute Gasteiger partial charge is 0.0249 e. The molecule has 0 aliphatic heterocycles. The van der Waals surface area contributed by atoms with Crippen molar-refractivity contribution in [3.8, 4) is 0 Å². The minimum atomic E-state index is 0.692. The van der Waals surface area contributed by atoms with Crippen LogP contribution >= 0.6 is 0 Å². The molecule has 0 spiro atoms. The molecule has 0 amide bonds. The van der Waals surface area contributed by atoms with E-state index in [1.165, 1.54) is 58.0 Å². The van der Waals surface area contributed by atoms with Gasteiger partial charge < -0.3 is 5.32 Å². The maximum atomic E-state index is 3.83. The normalized spacial score (nSPS) is 18.8. The van der Waals surface area contributed by atoms with Gasteiger partial charge in [0, 0.05) is 18.1 Å². The van der Waals surface area contributed by atoms with E-state index in [0.717, 1.165) is 18.0 Å². The molecular weight excluding hydrogens is 244 g/mol. The van der Waals surface area contributed by atoms with E-state index in [2.05, 4.69) is 44.8 Å². The quantitative estimate of drug-likeness (QED) is 0.569. The molecule has 1 saturated carbocycles. The van der Waals surface area contributed by atoms with Crippen LogP contribution < -0.4 is 5.32 Å². The van der Waals surface area contributed by atoms with Gasteiger partial charge in [-0.15, -0.1) is 0 Å². The third-order valence-corrected chi connectivity index (χ3v) is 4.55. The Morgan fingerprint density at radius 1 is 1.05 bits per heavy atom. The van der Waals surface area contributed by atoms with Crippen LogP contribution in [0.2, 0.25) is 0 Å². The van der Waals surface area contributed by atoms with Crippen LogP contribution in [-0.4, -0.2) is 36.1 Å². The van der Waals surface area contributed by atoms with Gasteiger partial charge in [0.25, 0.3) is 0 Å². The summed E-state index contributed by atoms with van der Waals surface area (Å²) < 4.78 is 0. The number of nitrogens with one attached hydrogen (secondary N) is 1. The second-order valence-corrected chi connectivity index (χ2v) is 6.98. The molecule has 120 valence electrons. The molecule has 0 saturated heterocycles. The molecule has 2 unspecified atom stereocenters. The second-order valence-electron chi connectivity index (χ2n) is 6.98. The summed E-state index contributed by atoms with van der Waals surface area (Å²) in [5, 5.41) is 3.83. The summed E-state index contributed by atoms with van der Waals surface area (Å²) in [6, 6.07) is 2.33. The zero-order valence-electron chi connectivity index (χ0n) is 14.6. The van der Waals surface area contributed by atoms with Crippen LogP contribution in [0, 0.1) is 5.92 Å². The Labute approximate surface area is 127 Å². The molecule has 20 heavy (non-hydrogen) atoms. The first-order chi connectivity index (χ1) is 9.63. The monoisotopic (exact) mass is 282 g/mol. The largest absolute Gasteiger partial charge is 0.312 e. The number of hydrogen-bond acceptors (Lipinski definition) is 2. The summed E-state index contributed by atoms with van der Waals surface area (Å²) >= 11 is 0. The third-order valence-electron chi connectivity index (χ3n) is 4.55. The molecule has 1 N–H and O–H groups in total. The minimum Gasteiger partial charge on any atom is -0.312 e. The topological polar surface area (TPSA) is 15.3 Å². The van der Waals surface area contributed by atoms with E-state index in [4.69, 9.17) is 0 Å². The lowest BCUT2D eigenvalue weighted by Gasteiger charge is -2.38. The lowest BCUT2D eigenvalue weighted by Crippen LogP contribution is -2.51. The van der Waals surface area contributed by atoms with E-state index < -0.39 is 0 Å². The van der Waals surface area contributed by atoms with Crippen molar-refractivity contribution in [2.75, 3.05) is 13.1 Å². The van der Waals surface area contributed by atoms with Crippen molar-refractivity contribution >= 4 is 0 Å². The minimum absolute atomic E-state index is 0.692. The van der Waals surface area contributed by atoms with Crippen LogP contribution in [0.25, 0.3) is 0 Å². The van der Waals surface area contributed by atoms with Crippen LogP contribution in [0.5, 0.6) is 0 Å². The summed E-state index contributed by atoms with van der Waals surface area (Å²) in [4.78, 5) is 2.85. The van der Waals surface area contributed by atoms with E-state index in [1.807, 2.05) is 0 Å². The SMILES string of the molecule is CCCNC(CCC)C(CC)N(CCC(C)C)C1CC1. The lowest BCUT2D eigenvalue weighted by atomic mass is 9.97. The fourth-order valence-electron chi connectivity index (χ4n) is 3.25. The molecule has 0 aromatic heterocycles. The molecule has 1 rings (SSSR count). The van der Waals surface area contributed by atoms with Crippen molar-refractivity contribution in [3.63, 3.8) is 0 Å². The first-order valence-corrected chi connectivity index (χ1v) is 9.13. The molecule has 0 radical (unpaired) electrons. The zero-order chi connectivity index (χ0) is 15.0. The van der Waals surface area contributed by atoms with E-state index in [1.54, 1.807) is 0 Å². The Bertz CT molecular complexity index is 236. The van der Waals surface area contributed by atoms with Gasteiger partial charge in [0.1, 0.15) is 0 Å². The highest BCUT2D eigenvalue weighted by atomic mass is 15.2. The summed E-state index contributed by atoms with van der Waals surface area (Å²) in [6.07, 6.45) is 9.36. The van der Waals surface area contributed by atoms with Crippen molar-refractivity contribution in [2.45, 2.75) is 97.7 Å². The van der Waals surface area contributed by atoms with E-state index >= 15 is 0 Å². The fourth-order valence-corrected chi connectivity index (χ4v) is 3.25. The molecule has 1 fully saturated rings. The van der Waals surface area contributed by atoms with E-state index in [-0.39, 0.29) is 0 Å². The highest BCUT2D eigenvalue weighted by Crippen LogP contribution is 2.31. The van der Waals surface area contributed by atoms with Crippen LogP contribution in [-0.2, 0) is 0 Å². The third kappa shape index (κ3) is 6.13. The van der Waals surface area contributed by atoms with Gasteiger partial charge >= 0.3 is 0 Å². The van der Waals surface area contributed by atoms with Crippen LogP contribution in [0.15, 0.2) is 0 Å². The predicted molar refractivity (Wildman–Crippen MR) is 90.3 cm³/mol. The number of nitrogens with zero attached hydrogens (tertiary/aromatic N) is 1. The molecule has 2 atom stereocenters. The summed E-state index contributed by atoms with van der Waals surface area (Å²) in [6.45, 7) is 14.2. The van der Waals surface area contributed by atoms with Gasteiger partial charge in [-0.2, -0.15) is 0 Å². The predicted octanol–water partition coefficient (Wildman–Crippen LogP) is 4.44. The fraction of sp³-hybridized carbons (Fsp3) is 1.00. The van der Waals surface area contributed by atoms with Crippen LogP contribution in [0.4, 0.5) is 0 Å². The molecule has 0 bridgehead atoms. The molecule has 0 aromatic carbocycles. The first-order valence-electron chi connectivity index (χ1n) is 9.13. The van der Waals surface area contributed by atoms with Crippen LogP contribution in [0.1, 0.15) is 79.6 Å².